The number of aromatic nitrogens is 4. The van der Waals surface area contributed by atoms with Gasteiger partial charge in [-0.1, -0.05) is 6.07 Å². The van der Waals surface area contributed by atoms with Crippen LogP contribution >= 0.6 is 15.9 Å². The van der Waals surface area contributed by atoms with E-state index in [9.17, 15) is 9.18 Å². The number of carbonyl (C=O) groups excluding carboxylic acids is 1. The number of nitrogens with one attached hydrogen (secondary N) is 1. The second-order valence-corrected chi connectivity index (χ2v) is 8.37. The van der Waals surface area contributed by atoms with Gasteiger partial charge in [-0.3, -0.25) is 4.79 Å². The molecule has 2 bridgehead atoms. The summed E-state index contributed by atoms with van der Waals surface area (Å²) in [6.07, 6.45) is 9.08. The fraction of sp³-hybridized carbons (Fsp3) is 0.286. The van der Waals surface area contributed by atoms with Crippen molar-refractivity contribution >= 4 is 27.8 Å². The van der Waals surface area contributed by atoms with Gasteiger partial charge in [-0.05, 0) is 53.4 Å². The van der Waals surface area contributed by atoms with E-state index in [1.165, 1.54) is 6.07 Å². The highest BCUT2D eigenvalue weighted by molar-refractivity contribution is 9.10. The standard InChI is InChI=1S/C21H18BrFN6O/c22-12-10-26-21(27-11-12)28-16-9-13-5-6-17(16)29(13)20(30)14-3-1-4-15(23)18(14)19-24-7-2-8-25-19/h1-4,7-8,10-11,13,16-17H,5-6,9H2,(H,26,27,28)/t13-,16-,17+/m1/s1. The topological polar surface area (TPSA) is 83.9 Å². The molecular weight excluding hydrogens is 451 g/mol. The predicted octanol–water partition coefficient (Wildman–Crippen LogP) is 3.69. The molecule has 0 spiro atoms. The van der Waals surface area contributed by atoms with E-state index < -0.39 is 5.82 Å². The largest absolute Gasteiger partial charge is 0.349 e. The van der Waals surface area contributed by atoms with E-state index in [4.69, 9.17) is 0 Å². The molecule has 3 aromatic rings. The van der Waals surface area contributed by atoms with Gasteiger partial charge in [0.1, 0.15) is 5.82 Å². The molecule has 152 valence electrons. The van der Waals surface area contributed by atoms with Crippen molar-refractivity contribution in [3.63, 3.8) is 0 Å². The van der Waals surface area contributed by atoms with Crippen LogP contribution in [-0.4, -0.2) is 48.9 Å². The molecule has 2 saturated heterocycles. The summed E-state index contributed by atoms with van der Waals surface area (Å²) in [6.45, 7) is 0. The van der Waals surface area contributed by atoms with Crippen LogP contribution in [0.2, 0.25) is 0 Å². The average Bonchev–Trinajstić information content (AvgIpc) is 3.33. The Hall–Kier alpha value is -2.94. The van der Waals surface area contributed by atoms with Gasteiger partial charge in [-0.25, -0.2) is 24.3 Å². The SMILES string of the molecule is O=C(c1cccc(F)c1-c1ncccn1)N1[C@@H]2CC[C@H]1[C@H](Nc1ncc(Br)cn1)C2. The number of halogens is 2. The van der Waals surface area contributed by atoms with Gasteiger partial charge in [0.2, 0.25) is 5.95 Å². The first kappa shape index (κ1) is 19.0. The van der Waals surface area contributed by atoms with Crippen LogP contribution < -0.4 is 5.32 Å². The maximum atomic E-state index is 14.7. The Bertz CT molecular complexity index is 1080. The number of nitrogens with zero attached hydrogens (tertiary/aromatic N) is 5. The first-order valence-electron chi connectivity index (χ1n) is 9.74. The Morgan fingerprint density at radius 2 is 1.87 bits per heavy atom. The molecule has 5 rings (SSSR count). The Kier molecular flexibility index (Phi) is 4.90. The number of hydrogen-bond acceptors (Lipinski definition) is 6. The van der Waals surface area contributed by atoms with Gasteiger partial charge >= 0.3 is 0 Å². The number of carbonyl (C=O) groups is 1. The van der Waals surface area contributed by atoms with Crippen molar-refractivity contribution in [2.45, 2.75) is 37.4 Å². The average molecular weight is 469 g/mol. The lowest BCUT2D eigenvalue weighted by Crippen LogP contribution is -2.40. The van der Waals surface area contributed by atoms with Gasteiger partial charge in [0, 0.05) is 30.8 Å². The van der Waals surface area contributed by atoms with Crippen LogP contribution in [0.15, 0.2) is 53.5 Å². The predicted molar refractivity (Wildman–Crippen MR) is 112 cm³/mol. The van der Waals surface area contributed by atoms with Crippen molar-refractivity contribution in [1.82, 2.24) is 24.8 Å². The van der Waals surface area contributed by atoms with Crippen molar-refractivity contribution in [3.8, 4) is 11.4 Å². The minimum absolute atomic E-state index is 0.00237. The van der Waals surface area contributed by atoms with Gasteiger partial charge in [0.15, 0.2) is 5.82 Å². The summed E-state index contributed by atoms with van der Waals surface area (Å²) in [5.41, 5.74) is 0.439. The highest BCUT2D eigenvalue weighted by Gasteiger charge is 2.49. The van der Waals surface area contributed by atoms with E-state index in [2.05, 4.69) is 41.2 Å². The second-order valence-electron chi connectivity index (χ2n) is 7.46. The number of anilines is 1. The summed E-state index contributed by atoms with van der Waals surface area (Å²) in [4.78, 5) is 32.3. The number of amides is 1. The van der Waals surface area contributed by atoms with Crippen LogP contribution in [0.3, 0.4) is 0 Å². The third-order valence-electron chi connectivity index (χ3n) is 5.74. The summed E-state index contributed by atoms with van der Waals surface area (Å²) in [5, 5.41) is 3.36. The third kappa shape index (κ3) is 3.32. The Morgan fingerprint density at radius 1 is 1.10 bits per heavy atom. The quantitative estimate of drug-likeness (QED) is 0.628. The number of fused-ring (bicyclic) bond motifs is 2. The van der Waals surface area contributed by atoms with E-state index in [0.29, 0.717) is 11.5 Å². The normalized spacial score (nSPS) is 22.3. The van der Waals surface area contributed by atoms with Crippen molar-refractivity contribution in [2.75, 3.05) is 5.32 Å². The van der Waals surface area contributed by atoms with Crippen LogP contribution in [-0.2, 0) is 0 Å². The molecule has 3 atom stereocenters. The zero-order valence-corrected chi connectivity index (χ0v) is 17.5. The summed E-state index contributed by atoms with van der Waals surface area (Å²) in [7, 11) is 0. The molecule has 2 aliphatic heterocycles. The lowest BCUT2D eigenvalue weighted by Gasteiger charge is -2.26. The highest BCUT2D eigenvalue weighted by Crippen LogP contribution is 2.40. The van der Waals surface area contributed by atoms with E-state index in [1.807, 2.05) is 4.90 Å². The molecule has 30 heavy (non-hydrogen) atoms. The van der Waals surface area contributed by atoms with Gasteiger partial charge in [0.05, 0.1) is 27.7 Å². The molecule has 2 fully saturated rings. The number of rotatable bonds is 4. The summed E-state index contributed by atoms with van der Waals surface area (Å²) in [6, 6.07) is 6.35. The zero-order chi connectivity index (χ0) is 20.7. The maximum absolute atomic E-state index is 14.7. The van der Waals surface area contributed by atoms with Crippen molar-refractivity contribution in [3.05, 3.63) is 64.9 Å². The molecule has 2 aromatic heterocycles. The molecule has 7 nitrogen and oxygen atoms in total. The monoisotopic (exact) mass is 468 g/mol. The Morgan fingerprint density at radius 3 is 2.63 bits per heavy atom. The molecule has 1 aromatic carbocycles. The first-order chi connectivity index (χ1) is 14.6. The maximum Gasteiger partial charge on any atom is 0.255 e. The van der Waals surface area contributed by atoms with Crippen LogP contribution in [0.25, 0.3) is 11.4 Å². The minimum atomic E-state index is -0.503. The van der Waals surface area contributed by atoms with E-state index >= 15 is 0 Å². The molecule has 1 N–H and O–H groups in total. The molecule has 0 aliphatic carbocycles. The smallest absolute Gasteiger partial charge is 0.255 e. The van der Waals surface area contributed by atoms with Crippen molar-refractivity contribution < 1.29 is 9.18 Å². The van der Waals surface area contributed by atoms with Crippen LogP contribution in [0.5, 0.6) is 0 Å². The highest BCUT2D eigenvalue weighted by atomic mass is 79.9. The molecule has 0 radical (unpaired) electrons. The van der Waals surface area contributed by atoms with E-state index in [-0.39, 0.29) is 35.4 Å². The summed E-state index contributed by atoms with van der Waals surface area (Å²) in [5.74, 6) is 0.0534. The number of benzene rings is 1. The second kappa shape index (κ2) is 7.71. The lowest BCUT2D eigenvalue weighted by molar-refractivity contribution is 0.0728. The molecule has 4 heterocycles. The van der Waals surface area contributed by atoms with Gasteiger partial charge in [-0.2, -0.15) is 0 Å². The fourth-order valence-electron chi connectivity index (χ4n) is 4.51. The van der Waals surface area contributed by atoms with Crippen LogP contribution in [0, 0.1) is 5.82 Å². The van der Waals surface area contributed by atoms with Gasteiger partial charge < -0.3 is 10.2 Å². The van der Waals surface area contributed by atoms with Gasteiger partial charge in [0.25, 0.3) is 5.91 Å². The van der Waals surface area contributed by atoms with Crippen LogP contribution in [0.4, 0.5) is 10.3 Å². The third-order valence-corrected chi connectivity index (χ3v) is 6.15. The van der Waals surface area contributed by atoms with Crippen molar-refractivity contribution in [2.24, 2.45) is 0 Å². The molecule has 2 aliphatic rings. The Labute approximate surface area is 180 Å². The van der Waals surface area contributed by atoms with E-state index in [1.54, 1.807) is 43.0 Å². The lowest BCUT2D eigenvalue weighted by atomic mass is 9.96. The summed E-state index contributed by atoms with van der Waals surface area (Å²) >= 11 is 3.33. The number of hydrogen-bond donors (Lipinski definition) is 1. The zero-order valence-electron chi connectivity index (χ0n) is 15.9. The minimum Gasteiger partial charge on any atom is -0.349 e. The molecular formula is C21H18BrFN6O. The summed E-state index contributed by atoms with van der Waals surface area (Å²) < 4.78 is 15.5. The van der Waals surface area contributed by atoms with E-state index in [0.717, 1.165) is 23.7 Å². The Balaban J connectivity index is 1.44. The van der Waals surface area contributed by atoms with Crippen molar-refractivity contribution in [1.29, 1.82) is 0 Å². The first-order valence-corrected chi connectivity index (χ1v) is 10.5. The molecule has 0 saturated carbocycles. The van der Waals surface area contributed by atoms with Crippen LogP contribution in [0.1, 0.15) is 29.6 Å². The fourth-order valence-corrected chi connectivity index (χ4v) is 4.71. The molecule has 9 heteroatoms. The molecule has 0 unspecified atom stereocenters. The van der Waals surface area contributed by atoms with Gasteiger partial charge in [-0.15, -0.1) is 0 Å². The molecule has 1 amide bonds.